The van der Waals surface area contributed by atoms with Gasteiger partial charge in [-0.2, -0.15) is 8.42 Å². The van der Waals surface area contributed by atoms with E-state index in [1.54, 1.807) is 0 Å². The Morgan fingerprint density at radius 3 is 3.00 bits per heavy atom. The molecule has 1 aliphatic carbocycles. The van der Waals surface area contributed by atoms with Crippen LogP contribution in [0.4, 0.5) is 0 Å². The monoisotopic (exact) mass is 268 g/mol. The van der Waals surface area contributed by atoms with Gasteiger partial charge in [-0.25, -0.2) is 0 Å². The lowest BCUT2D eigenvalue weighted by Crippen LogP contribution is -2.11. The molecule has 0 spiro atoms. The summed E-state index contributed by atoms with van der Waals surface area (Å²) in [5, 5.41) is 0. The minimum absolute atomic E-state index is 0.186. The quantitative estimate of drug-likeness (QED) is 0.782. The molecule has 3 rings (SSSR count). The second-order valence-electron chi connectivity index (χ2n) is 4.94. The number of aryl methyl sites for hydroxylation is 1. The number of ether oxygens (including phenoxy) is 1. The van der Waals surface area contributed by atoms with Crippen molar-refractivity contribution in [3.63, 3.8) is 0 Å². The third kappa shape index (κ3) is 2.12. The summed E-state index contributed by atoms with van der Waals surface area (Å²) < 4.78 is 32.7. The molecule has 18 heavy (non-hydrogen) atoms. The molecule has 0 unspecified atom stereocenters. The standard InChI is InChI=1S/C13H16O4S/c1-18(14,15)17-8-10-3-2-9-4-5-12-11(13(9)10)6-7-16-12/h4-5,10H,2-3,6-8H2,1H3/t10-/m0/s1. The van der Waals surface area contributed by atoms with Crippen LogP contribution in [0, 0.1) is 0 Å². The van der Waals surface area contributed by atoms with Gasteiger partial charge in [0.2, 0.25) is 0 Å². The minimum atomic E-state index is -3.36. The molecule has 1 aliphatic heterocycles. The van der Waals surface area contributed by atoms with Crippen LogP contribution in [0.3, 0.4) is 0 Å². The Labute approximate surface area is 107 Å². The second kappa shape index (κ2) is 4.24. The fraction of sp³-hybridized carbons (Fsp3) is 0.538. The molecule has 0 radical (unpaired) electrons. The lowest BCUT2D eigenvalue weighted by Gasteiger charge is -2.14. The zero-order chi connectivity index (χ0) is 12.8. The van der Waals surface area contributed by atoms with Crippen molar-refractivity contribution in [2.24, 2.45) is 0 Å². The lowest BCUT2D eigenvalue weighted by molar-refractivity contribution is 0.293. The van der Waals surface area contributed by atoms with Gasteiger partial charge in [0.05, 0.1) is 19.5 Å². The summed E-state index contributed by atoms with van der Waals surface area (Å²) >= 11 is 0. The third-order valence-corrected chi connectivity index (χ3v) is 4.23. The van der Waals surface area contributed by atoms with Crippen LogP contribution in [-0.2, 0) is 27.1 Å². The van der Waals surface area contributed by atoms with Crippen LogP contribution < -0.4 is 4.74 Å². The van der Waals surface area contributed by atoms with Crippen molar-refractivity contribution in [3.8, 4) is 5.75 Å². The van der Waals surface area contributed by atoms with Crippen molar-refractivity contribution < 1.29 is 17.3 Å². The van der Waals surface area contributed by atoms with Gasteiger partial charge in [0.25, 0.3) is 10.1 Å². The van der Waals surface area contributed by atoms with Gasteiger partial charge in [-0.15, -0.1) is 0 Å². The zero-order valence-electron chi connectivity index (χ0n) is 10.3. The van der Waals surface area contributed by atoms with Gasteiger partial charge >= 0.3 is 0 Å². The summed E-state index contributed by atoms with van der Waals surface area (Å²) in [4.78, 5) is 0. The number of hydrogen-bond acceptors (Lipinski definition) is 4. The van der Waals surface area contributed by atoms with E-state index in [0.29, 0.717) is 0 Å². The van der Waals surface area contributed by atoms with Crippen LogP contribution >= 0.6 is 0 Å². The highest BCUT2D eigenvalue weighted by atomic mass is 32.2. The van der Waals surface area contributed by atoms with Crippen LogP contribution in [0.15, 0.2) is 12.1 Å². The highest BCUT2D eigenvalue weighted by Gasteiger charge is 2.30. The number of hydrogen-bond donors (Lipinski definition) is 0. The first-order valence-electron chi connectivity index (χ1n) is 6.16. The van der Waals surface area contributed by atoms with Gasteiger partial charge in [0.15, 0.2) is 0 Å². The van der Waals surface area contributed by atoms with E-state index in [4.69, 9.17) is 8.92 Å². The molecular formula is C13H16O4S. The molecule has 1 heterocycles. The highest BCUT2D eigenvalue weighted by Crippen LogP contribution is 2.41. The Balaban J connectivity index is 1.89. The van der Waals surface area contributed by atoms with Gasteiger partial charge in [-0.05, 0) is 30.0 Å². The molecule has 0 amide bonds. The number of benzene rings is 1. The van der Waals surface area contributed by atoms with Crippen molar-refractivity contribution in [1.29, 1.82) is 0 Å². The smallest absolute Gasteiger partial charge is 0.264 e. The molecule has 0 N–H and O–H groups in total. The maximum Gasteiger partial charge on any atom is 0.264 e. The Bertz CT molecular complexity index is 577. The number of rotatable bonds is 3. The largest absolute Gasteiger partial charge is 0.493 e. The zero-order valence-corrected chi connectivity index (χ0v) is 11.1. The molecular weight excluding hydrogens is 252 g/mol. The summed E-state index contributed by atoms with van der Waals surface area (Å²) in [5.74, 6) is 1.14. The summed E-state index contributed by atoms with van der Waals surface area (Å²) in [6, 6.07) is 4.13. The van der Waals surface area contributed by atoms with E-state index in [1.807, 2.05) is 6.07 Å². The fourth-order valence-corrected chi connectivity index (χ4v) is 3.33. The van der Waals surface area contributed by atoms with E-state index in [2.05, 4.69) is 6.07 Å². The van der Waals surface area contributed by atoms with Crippen LogP contribution in [0.25, 0.3) is 0 Å². The van der Waals surface area contributed by atoms with Gasteiger partial charge < -0.3 is 4.74 Å². The summed E-state index contributed by atoms with van der Waals surface area (Å²) in [6.07, 6.45) is 3.98. The molecule has 1 aromatic rings. The fourth-order valence-electron chi connectivity index (χ4n) is 2.92. The van der Waals surface area contributed by atoms with Crippen LogP contribution in [0.1, 0.15) is 29.0 Å². The molecule has 5 heteroatoms. The Morgan fingerprint density at radius 1 is 1.39 bits per heavy atom. The van der Waals surface area contributed by atoms with Crippen LogP contribution in [-0.4, -0.2) is 27.9 Å². The van der Waals surface area contributed by atoms with E-state index in [9.17, 15) is 8.42 Å². The molecule has 4 nitrogen and oxygen atoms in total. The lowest BCUT2D eigenvalue weighted by atomic mass is 9.95. The van der Waals surface area contributed by atoms with Crippen molar-refractivity contribution in [2.75, 3.05) is 19.5 Å². The van der Waals surface area contributed by atoms with Gasteiger partial charge in [-0.1, -0.05) is 6.07 Å². The van der Waals surface area contributed by atoms with Gasteiger partial charge in [-0.3, -0.25) is 4.18 Å². The minimum Gasteiger partial charge on any atom is -0.493 e. The molecule has 0 aromatic heterocycles. The maximum atomic E-state index is 11.1. The summed E-state index contributed by atoms with van der Waals surface area (Å²) in [5.41, 5.74) is 3.85. The van der Waals surface area contributed by atoms with E-state index >= 15 is 0 Å². The molecule has 1 atom stereocenters. The van der Waals surface area contributed by atoms with Gasteiger partial charge in [0.1, 0.15) is 5.75 Å². The Hall–Kier alpha value is -1.07. The normalized spacial score (nSPS) is 21.5. The predicted molar refractivity (Wildman–Crippen MR) is 67.5 cm³/mol. The van der Waals surface area contributed by atoms with Crippen LogP contribution in [0.2, 0.25) is 0 Å². The Kier molecular flexibility index (Phi) is 2.83. The van der Waals surface area contributed by atoms with Gasteiger partial charge in [0, 0.05) is 17.9 Å². The molecule has 2 aliphatic rings. The van der Waals surface area contributed by atoms with Crippen LogP contribution in [0.5, 0.6) is 5.75 Å². The van der Waals surface area contributed by atoms with E-state index in [1.165, 1.54) is 16.7 Å². The predicted octanol–water partition coefficient (Wildman–Crippen LogP) is 1.63. The topological polar surface area (TPSA) is 52.6 Å². The highest BCUT2D eigenvalue weighted by molar-refractivity contribution is 7.85. The average molecular weight is 268 g/mol. The average Bonchev–Trinajstić information content (AvgIpc) is 2.90. The van der Waals surface area contributed by atoms with Crippen molar-refractivity contribution in [1.82, 2.24) is 0 Å². The van der Waals surface area contributed by atoms with Crippen molar-refractivity contribution in [2.45, 2.75) is 25.2 Å². The van der Waals surface area contributed by atoms with E-state index in [-0.39, 0.29) is 12.5 Å². The molecule has 0 bridgehead atoms. The van der Waals surface area contributed by atoms with E-state index in [0.717, 1.165) is 37.9 Å². The molecule has 98 valence electrons. The summed E-state index contributed by atoms with van der Waals surface area (Å²) in [7, 11) is -3.36. The summed E-state index contributed by atoms with van der Waals surface area (Å²) in [6.45, 7) is 0.980. The third-order valence-electron chi connectivity index (χ3n) is 3.67. The van der Waals surface area contributed by atoms with Crippen molar-refractivity contribution >= 4 is 10.1 Å². The first kappa shape index (κ1) is 12.0. The second-order valence-corrected chi connectivity index (χ2v) is 6.58. The molecule has 1 aromatic carbocycles. The maximum absolute atomic E-state index is 11.1. The Morgan fingerprint density at radius 2 is 2.22 bits per heavy atom. The van der Waals surface area contributed by atoms with Crippen molar-refractivity contribution in [3.05, 3.63) is 28.8 Å². The van der Waals surface area contributed by atoms with E-state index < -0.39 is 10.1 Å². The SMILES string of the molecule is CS(=O)(=O)OC[C@@H]1CCc2ccc3c(c21)CCO3. The molecule has 0 saturated carbocycles. The number of fused-ring (bicyclic) bond motifs is 3. The first-order chi connectivity index (χ1) is 8.54. The first-order valence-corrected chi connectivity index (χ1v) is 7.98. The molecule has 0 saturated heterocycles. The molecule has 0 fully saturated rings.